The molecule has 1 aromatic heterocycles. The van der Waals surface area contributed by atoms with Crippen molar-refractivity contribution < 1.29 is 4.79 Å². The number of anilines is 1. The van der Waals surface area contributed by atoms with Gasteiger partial charge in [0.1, 0.15) is 0 Å². The van der Waals surface area contributed by atoms with Crippen LogP contribution in [0, 0.1) is 0 Å². The first-order valence-corrected chi connectivity index (χ1v) is 7.59. The van der Waals surface area contributed by atoms with E-state index < -0.39 is 0 Å². The zero-order chi connectivity index (χ0) is 13.1. The Balaban J connectivity index is 2.04. The Kier molecular flexibility index (Phi) is 4.42. The number of rotatable bonds is 4. The molecule has 1 amide bonds. The Bertz CT molecular complexity index is 583. The van der Waals surface area contributed by atoms with E-state index in [4.69, 9.17) is 5.73 Å². The summed E-state index contributed by atoms with van der Waals surface area (Å²) >= 11 is 8.41. The third-order valence-corrected chi connectivity index (χ3v) is 4.41. The quantitative estimate of drug-likeness (QED) is 0.830. The van der Waals surface area contributed by atoms with Gasteiger partial charge in [0, 0.05) is 31.4 Å². The molecule has 0 saturated carbocycles. The number of nitrogens with one attached hydrogen (secondary N) is 1. The second-order valence-corrected chi connectivity index (χ2v) is 6.41. The Hall–Kier alpha value is -0.850. The Labute approximate surface area is 126 Å². The molecule has 6 heteroatoms. The van der Waals surface area contributed by atoms with Crippen molar-refractivity contribution in [2.75, 3.05) is 5.32 Å². The molecule has 0 spiro atoms. The van der Waals surface area contributed by atoms with E-state index in [1.54, 1.807) is 5.38 Å². The molecule has 3 N–H and O–H groups in total. The molecule has 3 nitrogen and oxygen atoms in total. The first kappa shape index (κ1) is 13.6. The average Bonchev–Trinajstić information content (AvgIpc) is 2.76. The molecule has 0 aliphatic carbocycles. The van der Waals surface area contributed by atoms with Gasteiger partial charge in [-0.15, -0.1) is 11.3 Å². The zero-order valence-electron chi connectivity index (χ0n) is 9.24. The number of benzene rings is 1. The zero-order valence-corrected chi connectivity index (χ0v) is 13.2. The van der Waals surface area contributed by atoms with Gasteiger partial charge in [0.05, 0.1) is 5.56 Å². The van der Waals surface area contributed by atoms with Gasteiger partial charge in [-0.25, -0.2) is 0 Å². The number of hydrogen-bond acceptors (Lipinski definition) is 3. The molecule has 0 radical (unpaired) electrons. The molecule has 0 bridgehead atoms. The second-order valence-electron chi connectivity index (χ2n) is 3.64. The monoisotopic (exact) mass is 388 g/mol. The van der Waals surface area contributed by atoms with Gasteiger partial charge < -0.3 is 11.1 Å². The summed E-state index contributed by atoms with van der Waals surface area (Å²) in [7, 11) is 0. The van der Waals surface area contributed by atoms with Gasteiger partial charge >= 0.3 is 0 Å². The lowest BCUT2D eigenvalue weighted by molar-refractivity contribution is 0.100. The minimum Gasteiger partial charge on any atom is -0.379 e. The molecule has 18 heavy (non-hydrogen) atoms. The van der Waals surface area contributed by atoms with Crippen LogP contribution in [0.4, 0.5) is 5.69 Å². The highest BCUT2D eigenvalue weighted by atomic mass is 79.9. The largest absolute Gasteiger partial charge is 0.379 e. The number of amides is 1. The third-order valence-electron chi connectivity index (χ3n) is 2.32. The van der Waals surface area contributed by atoms with E-state index in [0.29, 0.717) is 12.1 Å². The lowest BCUT2D eigenvalue weighted by atomic mass is 10.3. The minimum atomic E-state index is -0.387. The van der Waals surface area contributed by atoms with E-state index in [1.807, 2.05) is 24.3 Å². The number of nitrogens with two attached hydrogens (primary N) is 1. The van der Waals surface area contributed by atoms with Crippen LogP contribution in [0.15, 0.2) is 38.6 Å². The summed E-state index contributed by atoms with van der Waals surface area (Å²) < 4.78 is 2.01. The van der Waals surface area contributed by atoms with E-state index in [1.165, 1.54) is 11.3 Å². The molecular formula is C12H10Br2N2OS. The van der Waals surface area contributed by atoms with Crippen LogP contribution in [-0.4, -0.2) is 5.91 Å². The van der Waals surface area contributed by atoms with Crippen molar-refractivity contribution in [3.05, 3.63) is 49.0 Å². The van der Waals surface area contributed by atoms with Crippen molar-refractivity contribution >= 4 is 54.8 Å². The molecule has 1 aromatic carbocycles. The van der Waals surface area contributed by atoms with Crippen molar-refractivity contribution in [3.63, 3.8) is 0 Å². The first-order valence-electron chi connectivity index (χ1n) is 5.12. The van der Waals surface area contributed by atoms with Gasteiger partial charge in [0.25, 0.3) is 0 Å². The summed E-state index contributed by atoms with van der Waals surface area (Å²) in [5.74, 6) is -0.387. The van der Waals surface area contributed by atoms with E-state index >= 15 is 0 Å². The highest BCUT2D eigenvalue weighted by molar-refractivity contribution is 9.11. The smallest absolute Gasteiger partial charge is 0.249 e. The maximum absolute atomic E-state index is 11.0. The topological polar surface area (TPSA) is 55.1 Å². The molecule has 0 saturated heterocycles. The normalized spacial score (nSPS) is 10.3. The van der Waals surface area contributed by atoms with Gasteiger partial charge in [-0.1, -0.05) is 15.9 Å². The van der Waals surface area contributed by atoms with Crippen LogP contribution in [0.3, 0.4) is 0 Å². The molecule has 0 aliphatic rings. The fourth-order valence-electron chi connectivity index (χ4n) is 1.42. The molecule has 0 fully saturated rings. The van der Waals surface area contributed by atoms with E-state index in [0.717, 1.165) is 19.5 Å². The van der Waals surface area contributed by atoms with Crippen LogP contribution < -0.4 is 11.1 Å². The van der Waals surface area contributed by atoms with Crippen molar-refractivity contribution in [2.24, 2.45) is 5.73 Å². The van der Waals surface area contributed by atoms with Crippen LogP contribution in [0.1, 0.15) is 15.2 Å². The summed E-state index contributed by atoms with van der Waals surface area (Å²) in [4.78, 5) is 12.0. The Morgan fingerprint density at radius 2 is 2.11 bits per heavy atom. The van der Waals surface area contributed by atoms with Crippen LogP contribution in [0.25, 0.3) is 0 Å². The Morgan fingerprint density at radius 3 is 2.72 bits per heavy atom. The molecular weight excluding hydrogens is 380 g/mol. The van der Waals surface area contributed by atoms with E-state index in [9.17, 15) is 4.79 Å². The van der Waals surface area contributed by atoms with Gasteiger partial charge in [-0.3, -0.25) is 4.79 Å². The van der Waals surface area contributed by atoms with E-state index in [2.05, 4.69) is 37.2 Å². The summed E-state index contributed by atoms with van der Waals surface area (Å²) in [5.41, 5.74) is 6.78. The SMILES string of the molecule is NC(=O)c1csc(CNc2ccc(Br)cc2Br)c1. The molecule has 2 aromatic rings. The van der Waals surface area contributed by atoms with E-state index in [-0.39, 0.29) is 5.91 Å². The highest BCUT2D eigenvalue weighted by Gasteiger charge is 2.05. The maximum atomic E-state index is 11.0. The lowest BCUT2D eigenvalue weighted by Gasteiger charge is -2.07. The second kappa shape index (κ2) is 5.86. The minimum absolute atomic E-state index is 0.387. The average molecular weight is 390 g/mol. The number of hydrogen-bond donors (Lipinski definition) is 2. The number of primary amides is 1. The van der Waals surface area contributed by atoms with Gasteiger partial charge in [-0.05, 0) is 40.2 Å². The molecule has 0 unspecified atom stereocenters. The molecule has 0 aliphatic heterocycles. The Morgan fingerprint density at radius 1 is 1.33 bits per heavy atom. The summed E-state index contributed by atoms with van der Waals surface area (Å²) in [6.07, 6.45) is 0. The lowest BCUT2D eigenvalue weighted by Crippen LogP contribution is -2.09. The standard InChI is InChI=1S/C12H10Br2N2OS/c13-8-1-2-11(10(14)4-8)16-5-9-3-7(6-18-9)12(15)17/h1-4,6,16H,5H2,(H2,15,17). The predicted molar refractivity (Wildman–Crippen MR) is 82.0 cm³/mol. The summed E-state index contributed by atoms with van der Waals surface area (Å²) in [5, 5.41) is 5.07. The van der Waals surface area contributed by atoms with Gasteiger partial charge in [0.15, 0.2) is 0 Å². The van der Waals surface area contributed by atoms with Crippen LogP contribution in [-0.2, 0) is 6.54 Å². The van der Waals surface area contributed by atoms with Crippen LogP contribution >= 0.6 is 43.2 Å². The van der Waals surface area contributed by atoms with Crippen molar-refractivity contribution in [3.8, 4) is 0 Å². The first-order chi connectivity index (χ1) is 8.56. The molecule has 0 atom stereocenters. The summed E-state index contributed by atoms with van der Waals surface area (Å²) in [6.45, 7) is 0.665. The number of carbonyl (C=O) groups is 1. The third kappa shape index (κ3) is 3.34. The summed E-state index contributed by atoms with van der Waals surface area (Å²) in [6, 6.07) is 7.74. The van der Waals surface area contributed by atoms with Gasteiger partial charge in [-0.2, -0.15) is 0 Å². The molecule has 94 valence electrons. The fourth-order valence-corrected chi connectivity index (χ4v) is 3.42. The number of carbonyl (C=O) groups excluding carboxylic acids is 1. The van der Waals surface area contributed by atoms with Crippen LogP contribution in [0.5, 0.6) is 0 Å². The van der Waals surface area contributed by atoms with Crippen LogP contribution in [0.2, 0.25) is 0 Å². The molecule has 2 rings (SSSR count). The number of thiophene rings is 1. The maximum Gasteiger partial charge on any atom is 0.249 e. The number of halogens is 2. The fraction of sp³-hybridized carbons (Fsp3) is 0.0833. The van der Waals surface area contributed by atoms with Gasteiger partial charge in [0.2, 0.25) is 5.91 Å². The highest BCUT2D eigenvalue weighted by Crippen LogP contribution is 2.27. The van der Waals surface area contributed by atoms with Crippen molar-refractivity contribution in [1.29, 1.82) is 0 Å². The molecule has 1 heterocycles. The van der Waals surface area contributed by atoms with Crippen molar-refractivity contribution in [2.45, 2.75) is 6.54 Å². The van der Waals surface area contributed by atoms with Crippen molar-refractivity contribution in [1.82, 2.24) is 0 Å². The predicted octanol–water partition coefficient (Wildman–Crippen LogP) is 3.98.